The van der Waals surface area contributed by atoms with Crippen molar-refractivity contribution in [3.63, 3.8) is 0 Å². The molecule has 0 saturated carbocycles. The molecule has 0 unspecified atom stereocenters. The maximum atomic E-state index is 11.3. The van der Waals surface area contributed by atoms with Gasteiger partial charge in [-0.3, -0.25) is 0 Å². The Morgan fingerprint density at radius 2 is 1.11 bits per heavy atom. The number of ether oxygens (including phenoxy) is 1. The third-order valence-electron chi connectivity index (χ3n) is 14.0. The first-order chi connectivity index (χ1) is 53.1. The van der Waals surface area contributed by atoms with Crippen LogP contribution in [0.4, 0.5) is 0 Å². The molecule has 0 radical (unpaired) electrons. The van der Waals surface area contributed by atoms with Crippen molar-refractivity contribution >= 4 is 61.7 Å². The van der Waals surface area contributed by atoms with Gasteiger partial charge in [0.1, 0.15) is 11.5 Å². The van der Waals surface area contributed by atoms with Gasteiger partial charge >= 0.3 is 0 Å². The average Bonchev–Trinajstić information content (AvgIpc) is 0.794. The van der Waals surface area contributed by atoms with Gasteiger partial charge in [-0.05, 0) is 103 Å². The molecule has 388 valence electrons. The fraction of sp³-hybridized carbons (Fsp3) is 0.0270. The first-order valence-electron chi connectivity index (χ1n) is 41.1. The fourth-order valence-corrected chi connectivity index (χ4v) is 14.2. The van der Waals surface area contributed by atoms with Gasteiger partial charge in [-0.2, -0.15) is 16.7 Å². The molecule has 0 spiro atoms. The molecular weight excluding hydrogens is 1180 g/mol. The molecule has 0 aliphatic carbocycles. The molecule has 15 rings (SSSR count). The summed E-state index contributed by atoms with van der Waals surface area (Å²) in [7, 11) is -6.60. The molecule has 0 amide bonds. The second-order valence-electron chi connectivity index (χ2n) is 18.3. The number of hydrogen-bond acceptors (Lipinski definition) is 2. The van der Waals surface area contributed by atoms with Gasteiger partial charge in [-0.15, -0.1) is 29.7 Å². The van der Waals surface area contributed by atoms with E-state index in [1.54, 1.807) is 53.1 Å². The Balaban J connectivity index is 0.0000108. The number of fused-ring (bicyclic) bond motifs is 10. The fourth-order valence-electron chi connectivity index (χ4n) is 10.6. The monoisotopic (exact) mass is 1270 g/mol. The van der Waals surface area contributed by atoms with Gasteiger partial charge in [-0.25, -0.2) is 9.55 Å². The SMILES string of the molecule is [2H]c1c([2H])c([2H])c(-c2cccc3c2-[n+]2cn(-c4[c-]c(Oc5[c-]c6c(cc5)c5ccccc5n6-c5cc(C([2H])([2H])[2H])c(C([2H])([2H])[2H])cn5)ccc4)c4cccc(c42)-c2c([2H])c([2H])c([2H])c([2H])c2-c2c([2H])c([2H])c([Si](c4c([2H])c([2H])c([2H])c([2H])c4[2H])(c4c([2H])c([2H])c([2H])c([2H])c4[2H])c4c([2H])c([2H])c([2H])c([2H])c4[2H])c([2H])c2-3)c([2H])c1[2H].[Pt]. The van der Waals surface area contributed by atoms with Crippen molar-refractivity contribution in [1.82, 2.24) is 14.1 Å². The van der Waals surface area contributed by atoms with E-state index in [4.69, 9.17) is 21.2 Å². The van der Waals surface area contributed by atoms with Crippen LogP contribution in [-0.4, -0.2) is 22.2 Å². The van der Waals surface area contributed by atoms with E-state index in [2.05, 4.69) is 17.1 Å². The molecule has 1 aliphatic rings. The molecule has 81 heavy (non-hydrogen) atoms. The maximum Gasteiger partial charge on any atom is 0.253 e. The van der Waals surface area contributed by atoms with E-state index in [-0.39, 0.29) is 71.9 Å². The molecule has 14 aromatic rings. The van der Waals surface area contributed by atoms with E-state index in [0.29, 0.717) is 21.8 Å². The summed E-state index contributed by atoms with van der Waals surface area (Å²) in [5, 5.41) is -3.31. The van der Waals surface area contributed by atoms with Crippen LogP contribution in [0, 0.1) is 25.8 Å². The Hall–Kier alpha value is -9.45. The normalized spacial score (nSPS) is 17.8. The zero-order chi connectivity index (χ0) is 81.8. The molecule has 5 nitrogen and oxygen atoms in total. The van der Waals surface area contributed by atoms with E-state index in [9.17, 15) is 28.8 Å². The minimum absolute atomic E-state index is 0. The molecule has 11 aromatic carbocycles. The van der Waals surface area contributed by atoms with Gasteiger partial charge in [0, 0.05) is 74.9 Å². The first kappa shape index (κ1) is 25.8. The van der Waals surface area contributed by atoms with Crippen LogP contribution in [0.25, 0.3) is 94.5 Å². The van der Waals surface area contributed by atoms with Crippen LogP contribution < -0.4 is 30.1 Å². The van der Waals surface area contributed by atoms with Crippen LogP contribution in [0.15, 0.2) is 273 Å². The Morgan fingerprint density at radius 3 is 1.84 bits per heavy atom. The van der Waals surface area contributed by atoms with Crippen molar-refractivity contribution in [1.29, 1.82) is 0 Å². The third-order valence-corrected chi connectivity index (χ3v) is 18.0. The van der Waals surface area contributed by atoms with Crippen LogP contribution in [0.5, 0.6) is 11.5 Å². The number of imidazole rings is 1. The summed E-state index contributed by atoms with van der Waals surface area (Å²) in [6, 6.07) is 1.47. The van der Waals surface area contributed by atoms with Crippen LogP contribution in [0.1, 0.15) is 56.4 Å². The van der Waals surface area contributed by atoms with Crippen molar-refractivity contribution in [2.45, 2.75) is 13.7 Å². The predicted molar refractivity (Wildman–Crippen MR) is 330 cm³/mol. The summed E-state index contributed by atoms with van der Waals surface area (Å²) >= 11 is 0. The van der Waals surface area contributed by atoms with E-state index < -0.39 is 250 Å². The number of pyridine rings is 1. The topological polar surface area (TPSA) is 35.9 Å². The number of hydrogen-bond donors (Lipinski definition) is 0. The van der Waals surface area contributed by atoms with Crippen LogP contribution >= 0.6 is 0 Å². The van der Waals surface area contributed by atoms with Gasteiger partial charge in [0.2, 0.25) is 0 Å². The zero-order valence-corrected chi connectivity index (χ0v) is 44.7. The molecule has 0 bridgehead atoms. The second-order valence-corrected chi connectivity index (χ2v) is 21.8. The van der Waals surface area contributed by atoms with Crippen molar-refractivity contribution < 1.29 is 75.6 Å². The Labute approximate surface area is 533 Å². The predicted octanol–water partition coefficient (Wildman–Crippen LogP) is 14.8. The zero-order valence-electron chi connectivity index (χ0n) is 74.4. The van der Waals surface area contributed by atoms with Gasteiger partial charge in [0.25, 0.3) is 6.33 Å². The molecule has 3 aromatic heterocycles. The molecule has 0 saturated heterocycles. The summed E-state index contributed by atoms with van der Waals surface area (Å²) in [4.78, 5) is 4.47. The quantitative estimate of drug-likeness (QED) is 0.0625. The summed E-state index contributed by atoms with van der Waals surface area (Å²) in [5.74, 6) is 0.0822. The molecule has 0 N–H and O–H groups in total. The molecule has 1 aliphatic heterocycles. The van der Waals surface area contributed by atoms with Crippen molar-refractivity contribution in [3.05, 3.63) is 296 Å². The second kappa shape index (κ2) is 20.3. The van der Waals surface area contributed by atoms with Crippen LogP contribution in [0.3, 0.4) is 0 Å². The van der Waals surface area contributed by atoms with Crippen LogP contribution in [-0.2, 0) is 21.1 Å². The summed E-state index contributed by atoms with van der Waals surface area (Å²) in [5.41, 5.74) is -4.13. The Bertz CT molecular complexity index is 6350. The standard InChI is InChI=1S/C74H51N4OSi.Pt/c1-50-44-72(75-48-51(50)2)78-69-38-18-17-34-64(69)65-42-40-55(46-71(65)78)79-54-25-19-24-53(45-54)76-49-77-73-60(52-22-7-3-8-23-52)35-20-36-67(73)68-47-59(41-43-63(68)61-32-15-16-33-62(61)66-37-21-39-70(76)74(66)77)80(56-26-9-4-10-27-56,57-28-11-5-12-29-57)58-30-13-6-14-31-58;/h3-44,47-49H,1-2H3;/q-1;/i1D3,2D3,3D,4D,5D,6D,7D,8D,9D,10D,11D,12D,13D,14D,15D,16D,22D,23D,26D,27D,28D,29D,30D,31D,32D,33D,41D,43D,47D;. The Morgan fingerprint density at radius 1 is 0.506 bits per heavy atom. The smallest absolute Gasteiger partial charge is 0.253 e. The van der Waals surface area contributed by atoms with E-state index in [0.717, 1.165) is 6.20 Å². The average molecular weight is 1270 g/mol. The number of para-hydroxylation sites is 3. The minimum atomic E-state index is -6.60. The number of aromatic nitrogens is 4. The van der Waals surface area contributed by atoms with Gasteiger partial charge in [0.05, 0.1) is 37.0 Å². The number of nitrogens with zero attached hydrogens (tertiary/aromatic N) is 4. The molecule has 4 heterocycles. The number of aryl methyl sites for hydroxylation is 2. The van der Waals surface area contributed by atoms with Gasteiger partial charge in [-0.1, -0.05) is 217 Å². The van der Waals surface area contributed by atoms with Crippen molar-refractivity contribution in [3.8, 4) is 73.2 Å². The maximum absolute atomic E-state index is 11.3. The van der Waals surface area contributed by atoms with Crippen LogP contribution in [0.2, 0.25) is 0 Å². The van der Waals surface area contributed by atoms with Crippen molar-refractivity contribution in [2.75, 3.05) is 0 Å². The Kier molecular flexibility index (Phi) is 6.47. The van der Waals surface area contributed by atoms with E-state index in [1.807, 2.05) is 6.07 Å². The molecule has 0 fully saturated rings. The molecule has 0 atom stereocenters. The third kappa shape index (κ3) is 8.16. The minimum Gasteiger partial charge on any atom is -0.509 e. The molecular formula is C74H51N4OPtSi-. The van der Waals surface area contributed by atoms with Gasteiger partial charge in [0.15, 0.2) is 19.1 Å². The van der Waals surface area contributed by atoms with E-state index in [1.165, 1.54) is 57.9 Å². The number of benzene rings is 11. The first-order valence-corrected chi connectivity index (χ1v) is 26.6. The molecule has 7 heteroatoms. The van der Waals surface area contributed by atoms with Gasteiger partial charge < -0.3 is 9.30 Å². The largest absolute Gasteiger partial charge is 0.509 e. The number of rotatable bonds is 9. The summed E-state index contributed by atoms with van der Waals surface area (Å²) < 4.78 is 320. The summed E-state index contributed by atoms with van der Waals surface area (Å²) in [6.45, 7) is -5.73. The van der Waals surface area contributed by atoms with E-state index >= 15 is 0 Å². The summed E-state index contributed by atoms with van der Waals surface area (Å²) in [6.07, 6.45) is 2.41. The van der Waals surface area contributed by atoms with Crippen molar-refractivity contribution in [2.24, 2.45) is 0 Å².